The maximum Gasteiger partial charge on any atom is 1.00 e. The molecule has 0 heterocycles. The van der Waals surface area contributed by atoms with Crippen LogP contribution in [-0.4, -0.2) is 12.2 Å². The number of rotatable bonds is 2. The largest absolute Gasteiger partial charge is 1.00 e. The molecule has 0 radical (unpaired) electrons. The minimum absolute atomic E-state index is 0. The number of hydrogen-bond acceptors (Lipinski definition) is 4. The Morgan fingerprint density at radius 2 is 1.50 bits per heavy atom. The van der Waals surface area contributed by atoms with Crippen molar-refractivity contribution in [3.8, 4) is 0 Å². The first-order chi connectivity index (χ1) is 6.60. The minimum atomic E-state index is -5.91. The van der Waals surface area contributed by atoms with Crippen LogP contribution in [0.1, 0.15) is 21.5 Å². The van der Waals surface area contributed by atoms with Gasteiger partial charge in [0.2, 0.25) is 0 Å². The number of carbonyl (C=O) groups excluding carboxylic acids is 1. The van der Waals surface area contributed by atoms with E-state index >= 15 is 0 Å². The van der Waals surface area contributed by atoms with Crippen molar-refractivity contribution in [1.29, 1.82) is 0 Å². The van der Waals surface area contributed by atoms with E-state index in [1.165, 1.54) is 6.07 Å². The van der Waals surface area contributed by atoms with Gasteiger partial charge >= 0.3 is 144 Å². The third kappa shape index (κ3) is 5.96. The number of benzene rings is 1. The molecule has 0 saturated heterocycles. The van der Waals surface area contributed by atoms with Crippen LogP contribution in [0.15, 0.2) is 18.2 Å². The predicted octanol–water partition coefficient (Wildman–Crippen LogP) is -9.54. The van der Waals surface area contributed by atoms with Gasteiger partial charge in [-0.05, 0) is 0 Å². The van der Waals surface area contributed by atoms with Gasteiger partial charge in [0.1, 0.15) is 0 Å². The molecule has 84 valence electrons. The maximum absolute atomic E-state index is 11.5. The zero-order chi connectivity index (χ0) is 11.9. The molecule has 0 aromatic heterocycles. The fourth-order valence-corrected chi connectivity index (χ4v) is 2.03. The van der Waals surface area contributed by atoms with Gasteiger partial charge in [0, 0.05) is 0 Å². The third-order valence-corrected chi connectivity index (χ3v) is 3.43. The summed E-state index contributed by atoms with van der Waals surface area (Å²) in [5.74, 6) is 0. The van der Waals surface area contributed by atoms with E-state index in [4.69, 9.17) is 0 Å². The number of aryl methyl sites for hydroxylation is 1. The molecule has 0 unspecified atom stereocenters. The minimum Gasteiger partial charge on any atom is 1.00 e. The van der Waals surface area contributed by atoms with E-state index in [-0.39, 0.29) is 62.1 Å². The van der Waals surface area contributed by atoms with Crippen LogP contribution in [0.4, 0.5) is 0 Å². The molecule has 0 saturated carbocycles. The van der Waals surface area contributed by atoms with Gasteiger partial charge < -0.3 is 0 Å². The van der Waals surface area contributed by atoms with Crippen LogP contribution in [0.5, 0.6) is 0 Å². The summed E-state index contributed by atoms with van der Waals surface area (Å²) in [5, 5.41) is 0. The van der Waals surface area contributed by atoms with Crippen LogP contribution in [0.3, 0.4) is 0 Å². The molecular formula is C10H12Li3O4P. The molecule has 0 aliphatic rings. The van der Waals surface area contributed by atoms with E-state index in [0.717, 1.165) is 5.56 Å². The Hall–Kier alpha value is 0.992. The summed E-state index contributed by atoms with van der Waals surface area (Å²) < 4.78 is 0. The molecule has 1 rings (SSSR count). The van der Waals surface area contributed by atoms with Gasteiger partial charge in [-0.25, -0.2) is 0 Å². The van der Waals surface area contributed by atoms with Gasteiger partial charge in [0.15, 0.2) is 0 Å². The summed E-state index contributed by atoms with van der Waals surface area (Å²) >= 11 is 0. The SMILES string of the molecule is Cc1cccc(C(=O)P(C)([O-])([O-])[O-])c1C.[Li+].[Li+].[Li+]. The van der Waals surface area contributed by atoms with Gasteiger partial charge in [-0.3, -0.25) is 0 Å². The van der Waals surface area contributed by atoms with Crippen molar-refractivity contribution in [2.75, 3.05) is 6.66 Å². The van der Waals surface area contributed by atoms with Gasteiger partial charge in [-0.2, -0.15) is 0 Å². The number of hydrogen-bond donors (Lipinski definition) is 0. The average molecular weight is 248 g/mol. The second-order valence-electron chi connectivity index (χ2n) is 3.82. The van der Waals surface area contributed by atoms with Crippen LogP contribution < -0.4 is 71.3 Å². The smallest absolute Gasteiger partial charge is 1.00 e. The normalized spacial score (nSPS) is 12.0. The van der Waals surface area contributed by atoms with E-state index in [1.807, 2.05) is 0 Å². The Bertz CT molecular complexity index is 420. The second-order valence-corrected chi connectivity index (χ2v) is 6.77. The van der Waals surface area contributed by atoms with Crippen molar-refractivity contribution < 1.29 is 76.1 Å². The molecule has 4 nitrogen and oxygen atoms in total. The molecule has 0 atom stereocenters. The fraction of sp³-hybridized carbons (Fsp3) is 0.300. The summed E-state index contributed by atoms with van der Waals surface area (Å²) in [5.41, 5.74) is -0.0560. The average Bonchev–Trinajstić information content (AvgIpc) is 2.06. The quantitative estimate of drug-likeness (QED) is 0.384. The molecule has 0 aliphatic heterocycles. The molecule has 0 amide bonds. The summed E-state index contributed by atoms with van der Waals surface area (Å²) in [6.45, 7) is 3.80. The second kappa shape index (κ2) is 7.69. The zero-order valence-corrected chi connectivity index (χ0v) is 12.7. The zero-order valence-electron chi connectivity index (χ0n) is 11.8. The van der Waals surface area contributed by atoms with E-state index in [2.05, 4.69) is 0 Å². The van der Waals surface area contributed by atoms with Crippen molar-refractivity contribution in [3.05, 3.63) is 34.9 Å². The van der Waals surface area contributed by atoms with Crippen molar-refractivity contribution in [2.45, 2.75) is 13.8 Å². The summed E-state index contributed by atoms with van der Waals surface area (Å²) in [4.78, 5) is 44.8. The first-order valence-electron chi connectivity index (χ1n) is 4.42. The molecular weight excluding hydrogens is 236 g/mol. The van der Waals surface area contributed by atoms with E-state index in [0.29, 0.717) is 12.2 Å². The Balaban J connectivity index is -0.000000750. The Morgan fingerprint density at radius 1 is 1.06 bits per heavy atom. The standard InChI is InChI=1S/C10H12O4P.3Li/c1-7-5-4-6-9(8(7)2)10(11)15(3,12,13)14;;;/h4-6H,1-3H3;;;/q-3;3*+1. The van der Waals surface area contributed by atoms with Gasteiger partial charge in [0.05, 0.1) is 0 Å². The van der Waals surface area contributed by atoms with Crippen molar-refractivity contribution in [1.82, 2.24) is 0 Å². The molecule has 0 aliphatic carbocycles. The van der Waals surface area contributed by atoms with Gasteiger partial charge in [0.25, 0.3) is 0 Å². The van der Waals surface area contributed by atoms with E-state index < -0.39 is 12.8 Å². The fourth-order valence-electron chi connectivity index (χ4n) is 1.25. The molecule has 0 fully saturated rings. The predicted molar refractivity (Wildman–Crippen MR) is 53.1 cm³/mol. The van der Waals surface area contributed by atoms with Crippen LogP contribution in [0.2, 0.25) is 0 Å². The van der Waals surface area contributed by atoms with Gasteiger partial charge in [-0.15, -0.1) is 0 Å². The third-order valence-electron chi connectivity index (χ3n) is 2.29. The monoisotopic (exact) mass is 248 g/mol. The van der Waals surface area contributed by atoms with Gasteiger partial charge in [-0.1, -0.05) is 0 Å². The van der Waals surface area contributed by atoms with Crippen molar-refractivity contribution in [3.63, 3.8) is 0 Å². The molecule has 18 heavy (non-hydrogen) atoms. The first-order valence-corrected chi connectivity index (χ1v) is 6.85. The maximum atomic E-state index is 11.5. The van der Waals surface area contributed by atoms with Crippen LogP contribution in [0.25, 0.3) is 0 Å². The summed E-state index contributed by atoms with van der Waals surface area (Å²) in [6, 6.07) is 4.65. The van der Waals surface area contributed by atoms with E-state index in [9.17, 15) is 19.5 Å². The first kappa shape index (κ1) is 24.0. The Kier molecular flexibility index (Phi) is 10.3. The topological polar surface area (TPSA) is 86.2 Å². The van der Waals surface area contributed by atoms with E-state index in [1.54, 1.807) is 26.0 Å². The summed E-state index contributed by atoms with van der Waals surface area (Å²) in [7, 11) is -5.91. The molecule has 0 N–H and O–H groups in total. The molecule has 1 aromatic rings. The Morgan fingerprint density at radius 3 is 1.89 bits per heavy atom. The van der Waals surface area contributed by atoms with Crippen LogP contribution >= 0.6 is 7.28 Å². The molecule has 0 bridgehead atoms. The van der Waals surface area contributed by atoms with Crippen LogP contribution in [0, 0.1) is 13.8 Å². The molecule has 8 heteroatoms. The van der Waals surface area contributed by atoms with Crippen LogP contribution in [-0.2, 0) is 0 Å². The van der Waals surface area contributed by atoms with Crippen molar-refractivity contribution in [2.24, 2.45) is 0 Å². The number of carbonyl (C=O) groups is 1. The van der Waals surface area contributed by atoms with Crippen molar-refractivity contribution >= 4 is 12.8 Å². The molecule has 1 aromatic carbocycles. The Labute approximate surface area is 143 Å². The summed E-state index contributed by atoms with van der Waals surface area (Å²) in [6.07, 6.45) is 0. The molecule has 0 spiro atoms.